The first-order valence-electron chi connectivity index (χ1n) is 8.06. The summed E-state index contributed by atoms with van der Waals surface area (Å²) in [6.07, 6.45) is 0. The van der Waals surface area contributed by atoms with Crippen molar-refractivity contribution in [3.05, 3.63) is 75.6 Å². The quantitative estimate of drug-likeness (QED) is 0.520. The van der Waals surface area contributed by atoms with Crippen molar-refractivity contribution in [2.75, 3.05) is 14.2 Å². The van der Waals surface area contributed by atoms with Gasteiger partial charge in [-0.3, -0.25) is 9.63 Å². The first kappa shape index (κ1) is 17.7. The van der Waals surface area contributed by atoms with Gasteiger partial charge >= 0.3 is 5.63 Å². The molecule has 0 saturated heterocycles. The molecular weight excluding hydrogens is 334 g/mol. The van der Waals surface area contributed by atoms with E-state index in [0.717, 1.165) is 21.6 Å². The summed E-state index contributed by atoms with van der Waals surface area (Å²) in [6.45, 7) is 2.19. The van der Waals surface area contributed by atoms with E-state index in [1.54, 1.807) is 25.2 Å². The minimum atomic E-state index is -0.381. The zero-order valence-electron chi connectivity index (χ0n) is 14.8. The van der Waals surface area contributed by atoms with E-state index in [2.05, 4.69) is 0 Å². The predicted octanol–water partition coefficient (Wildman–Crippen LogP) is 3.31. The number of ether oxygens (including phenoxy) is 1. The van der Waals surface area contributed by atoms with Crippen LogP contribution in [0.3, 0.4) is 0 Å². The SMILES string of the molecule is CON(C)C(=O)c1ccc(COc2ccc3c(C)cc(=O)oc3c2)cc1. The highest BCUT2D eigenvalue weighted by Crippen LogP contribution is 2.23. The lowest BCUT2D eigenvalue weighted by molar-refractivity contribution is -0.0757. The number of carbonyl (C=O) groups excluding carboxylic acids is 1. The smallest absolute Gasteiger partial charge is 0.336 e. The van der Waals surface area contributed by atoms with Crippen molar-refractivity contribution in [3.63, 3.8) is 0 Å². The fraction of sp³-hybridized carbons (Fsp3) is 0.200. The van der Waals surface area contributed by atoms with Gasteiger partial charge in [0.1, 0.15) is 17.9 Å². The molecule has 0 unspecified atom stereocenters. The van der Waals surface area contributed by atoms with Gasteiger partial charge in [0, 0.05) is 30.1 Å². The molecule has 0 spiro atoms. The van der Waals surface area contributed by atoms with E-state index in [4.69, 9.17) is 14.0 Å². The molecule has 0 N–H and O–H groups in total. The van der Waals surface area contributed by atoms with Crippen LogP contribution in [0.5, 0.6) is 5.75 Å². The monoisotopic (exact) mass is 353 g/mol. The van der Waals surface area contributed by atoms with Crippen LogP contribution in [0.25, 0.3) is 11.0 Å². The van der Waals surface area contributed by atoms with E-state index in [-0.39, 0.29) is 11.5 Å². The summed E-state index contributed by atoms with van der Waals surface area (Å²) >= 11 is 0. The zero-order chi connectivity index (χ0) is 18.7. The number of benzene rings is 2. The number of hydroxylamine groups is 2. The Morgan fingerprint density at radius 1 is 1.12 bits per heavy atom. The predicted molar refractivity (Wildman–Crippen MR) is 97.1 cm³/mol. The van der Waals surface area contributed by atoms with Crippen LogP contribution < -0.4 is 10.4 Å². The Balaban J connectivity index is 1.72. The third kappa shape index (κ3) is 3.75. The van der Waals surface area contributed by atoms with Crippen LogP contribution in [0.1, 0.15) is 21.5 Å². The average Bonchev–Trinajstić information content (AvgIpc) is 2.65. The van der Waals surface area contributed by atoms with Crippen LogP contribution in [0.15, 0.2) is 57.7 Å². The Morgan fingerprint density at radius 3 is 2.54 bits per heavy atom. The van der Waals surface area contributed by atoms with E-state index in [0.29, 0.717) is 23.5 Å². The van der Waals surface area contributed by atoms with Crippen molar-refractivity contribution in [1.29, 1.82) is 0 Å². The number of hydrogen-bond acceptors (Lipinski definition) is 5. The molecular formula is C20H19NO5. The number of amides is 1. The van der Waals surface area contributed by atoms with Gasteiger partial charge in [0.25, 0.3) is 5.91 Å². The third-order valence-corrected chi connectivity index (χ3v) is 4.09. The second-order valence-electron chi connectivity index (χ2n) is 5.88. The molecule has 0 aliphatic carbocycles. The third-order valence-electron chi connectivity index (χ3n) is 4.09. The molecule has 0 saturated carbocycles. The molecule has 2 aromatic carbocycles. The van der Waals surface area contributed by atoms with Gasteiger partial charge in [0.2, 0.25) is 0 Å². The number of hydrogen-bond donors (Lipinski definition) is 0. The maximum atomic E-state index is 12.0. The van der Waals surface area contributed by atoms with Gasteiger partial charge in [-0.25, -0.2) is 9.86 Å². The number of carbonyl (C=O) groups is 1. The molecule has 0 radical (unpaired) electrons. The Bertz CT molecular complexity index is 991. The topological polar surface area (TPSA) is 69.0 Å². The molecule has 0 aliphatic heterocycles. The molecule has 3 aromatic rings. The fourth-order valence-corrected chi connectivity index (χ4v) is 2.57. The second-order valence-corrected chi connectivity index (χ2v) is 5.88. The molecule has 26 heavy (non-hydrogen) atoms. The molecule has 1 aromatic heterocycles. The molecule has 1 amide bonds. The molecule has 1 heterocycles. The molecule has 0 bridgehead atoms. The zero-order valence-corrected chi connectivity index (χ0v) is 14.8. The van der Waals surface area contributed by atoms with Crippen molar-refractivity contribution in [3.8, 4) is 5.75 Å². The summed E-state index contributed by atoms with van der Waals surface area (Å²) in [5, 5.41) is 2.04. The maximum Gasteiger partial charge on any atom is 0.336 e. The Hall–Kier alpha value is -3.12. The Morgan fingerprint density at radius 2 is 1.85 bits per heavy atom. The number of rotatable bonds is 5. The summed E-state index contributed by atoms with van der Waals surface area (Å²) in [6, 6.07) is 14.0. The van der Waals surface area contributed by atoms with Crippen molar-refractivity contribution in [2.45, 2.75) is 13.5 Å². The Labute approximate surface area is 150 Å². The summed E-state index contributed by atoms with van der Waals surface area (Å²) in [4.78, 5) is 28.4. The normalized spacial score (nSPS) is 10.7. The van der Waals surface area contributed by atoms with Crippen LogP contribution >= 0.6 is 0 Å². The molecule has 3 rings (SSSR count). The first-order chi connectivity index (χ1) is 12.5. The summed E-state index contributed by atoms with van der Waals surface area (Å²) in [5.41, 5.74) is 2.42. The van der Waals surface area contributed by atoms with Crippen LogP contribution in [0.4, 0.5) is 0 Å². The minimum absolute atomic E-state index is 0.222. The molecule has 6 nitrogen and oxygen atoms in total. The summed E-state index contributed by atoms with van der Waals surface area (Å²) < 4.78 is 11.0. The highest BCUT2D eigenvalue weighted by molar-refractivity contribution is 5.93. The van der Waals surface area contributed by atoms with E-state index in [9.17, 15) is 9.59 Å². The lowest BCUT2D eigenvalue weighted by Crippen LogP contribution is -2.25. The van der Waals surface area contributed by atoms with Gasteiger partial charge in [-0.1, -0.05) is 12.1 Å². The number of nitrogens with zero attached hydrogens (tertiary/aromatic N) is 1. The number of aryl methyl sites for hydroxylation is 1. The van der Waals surface area contributed by atoms with Gasteiger partial charge in [-0.15, -0.1) is 0 Å². The van der Waals surface area contributed by atoms with Gasteiger partial charge in [0.15, 0.2) is 0 Å². The maximum absolute atomic E-state index is 12.0. The van der Waals surface area contributed by atoms with Crippen molar-refractivity contribution >= 4 is 16.9 Å². The van der Waals surface area contributed by atoms with Crippen molar-refractivity contribution < 1.29 is 18.8 Å². The first-order valence-corrected chi connectivity index (χ1v) is 8.06. The van der Waals surface area contributed by atoms with Gasteiger partial charge in [-0.2, -0.15) is 0 Å². The van der Waals surface area contributed by atoms with Crippen LogP contribution in [-0.2, 0) is 11.4 Å². The van der Waals surface area contributed by atoms with Crippen molar-refractivity contribution in [2.24, 2.45) is 0 Å². The second kappa shape index (κ2) is 7.41. The average molecular weight is 353 g/mol. The van der Waals surface area contributed by atoms with Crippen LogP contribution in [0.2, 0.25) is 0 Å². The van der Waals surface area contributed by atoms with Crippen molar-refractivity contribution in [1.82, 2.24) is 5.06 Å². The van der Waals surface area contributed by atoms with E-state index < -0.39 is 0 Å². The lowest BCUT2D eigenvalue weighted by Gasteiger charge is -2.13. The highest BCUT2D eigenvalue weighted by atomic mass is 16.7. The molecule has 0 fully saturated rings. The van der Waals surface area contributed by atoms with Gasteiger partial charge in [0.05, 0.1) is 7.11 Å². The van der Waals surface area contributed by atoms with E-state index in [1.807, 2.05) is 31.2 Å². The Kier molecular flexibility index (Phi) is 5.04. The molecule has 134 valence electrons. The summed E-state index contributed by atoms with van der Waals surface area (Å²) in [7, 11) is 2.99. The molecule has 0 aliphatic rings. The van der Waals surface area contributed by atoms with Gasteiger partial charge in [-0.05, 0) is 42.3 Å². The summed E-state index contributed by atoms with van der Waals surface area (Å²) in [5.74, 6) is 0.380. The molecule has 0 atom stereocenters. The number of fused-ring (bicyclic) bond motifs is 1. The van der Waals surface area contributed by atoms with Crippen LogP contribution in [0, 0.1) is 6.92 Å². The van der Waals surface area contributed by atoms with E-state index in [1.165, 1.54) is 13.2 Å². The van der Waals surface area contributed by atoms with Gasteiger partial charge < -0.3 is 9.15 Å². The lowest BCUT2D eigenvalue weighted by atomic mass is 10.1. The highest BCUT2D eigenvalue weighted by Gasteiger charge is 2.11. The largest absolute Gasteiger partial charge is 0.489 e. The minimum Gasteiger partial charge on any atom is -0.489 e. The van der Waals surface area contributed by atoms with Crippen LogP contribution in [-0.4, -0.2) is 25.1 Å². The molecule has 6 heteroatoms. The standard InChI is InChI=1S/C20H19NO5/c1-13-10-19(22)26-18-11-16(8-9-17(13)18)25-12-14-4-6-15(7-5-14)20(23)21(2)24-3/h4-11H,12H2,1-3H3. The fourth-order valence-electron chi connectivity index (χ4n) is 2.57. The van der Waals surface area contributed by atoms with E-state index >= 15 is 0 Å².